The molecular formula is C27H28BrN7S. The largest absolute Gasteiger partial charge is 0.384 e. The summed E-state index contributed by atoms with van der Waals surface area (Å²) in [6, 6.07) is 12.9. The van der Waals surface area contributed by atoms with Gasteiger partial charge in [-0.25, -0.2) is 9.67 Å². The number of thiazole rings is 1. The Morgan fingerprint density at radius 2 is 2.03 bits per heavy atom. The highest BCUT2D eigenvalue weighted by Crippen LogP contribution is 2.38. The van der Waals surface area contributed by atoms with Gasteiger partial charge in [-0.15, -0.1) is 16.4 Å². The van der Waals surface area contributed by atoms with Crippen molar-refractivity contribution in [1.82, 2.24) is 25.0 Å². The zero-order chi connectivity index (χ0) is 24.9. The maximum absolute atomic E-state index is 4.64. The van der Waals surface area contributed by atoms with E-state index in [0.29, 0.717) is 6.04 Å². The molecule has 2 aromatic carbocycles. The molecule has 36 heavy (non-hydrogen) atoms. The molecular weight excluding hydrogens is 534 g/mol. The number of halogens is 1. The molecule has 0 saturated heterocycles. The summed E-state index contributed by atoms with van der Waals surface area (Å²) in [6.45, 7) is 7.55. The quantitative estimate of drug-likeness (QED) is 0.219. The van der Waals surface area contributed by atoms with Crippen LogP contribution in [0, 0.1) is 5.41 Å². The van der Waals surface area contributed by atoms with E-state index in [-0.39, 0.29) is 11.5 Å². The third kappa shape index (κ3) is 4.69. The van der Waals surface area contributed by atoms with E-state index in [1.54, 1.807) is 11.3 Å². The molecule has 0 aliphatic heterocycles. The van der Waals surface area contributed by atoms with E-state index in [1.807, 2.05) is 22.5 Å². The Morgan fingerprint density at radius 3 is 2.83 bits per heavy atom. The van der Waals surface area contributed by atoms with Gasteiger partial charge in [0.1, 0.15) is 5.69 Å². The molecule has 2 N–H and O–H groups in total. The van der Waals surface area contributed by atoms with Crippen LogP contribution in [0.25, 0.3) is 21.1 Å². The van der Waals surface area contributed by atoms with Crippen molar-refractivity contribution in [2.75, 3.05) is 17.2 Å². The van der Waals surface area contributed by atoms with Crippen LogP contribution in [0.2, 0.25) is 0 Å². The number of nitrogens with one attached hydrogen (secondary N) is 2. The van der Waals surface area contributed by atoms with Crippen molar-refractivity contribution in [2.45, 2.75) is 45.7 Å². The summed E-state index contributed by atoms with van der Waals surface area (Å²) < 4.78 is 4.11. The number of aromatic nitrogens is 5. The molecule has 7 nitrogen and oxygen atoms in total. The van der Waals surface area contributed by atoms with Crippen molar-refractivity contribution >= 4 is 59.8 Å². The van der Waals surface area contributed by atoms with Crippen molar-refractivity contribution < 1.29 is 0 Å². The van der Waals surface area contributed by atoms with Crippen LogP contribution >= 0.6 is 27.3 Å². The van der Waals surface area contributed by atoms with Crippen molar-refractivity contribution in [3.8, 4) is 0 Å². The van der Waals surface area contributed by atoms with Crippen LogP contribution in [-0.4, -0.2) is 31.5 Å². The molecule has 5 aromatic rings. The van der Waals surface area contributed by atoms with Gasteiger partial charge in [-0.2, -0.15) is 0 Å². The van der Waals surface area contributed by atoms with E-state index in [1.165, 1.54) is 12.8 Å². The van der Waals surface area contributed by atoms with E-state index in [4.69, 9.17) is 0 Å². The molecule has 0 unspecified atom stereocenters. The molecule has 0 amide bonds. The minimum absolute atomic E-state index is 0.161. The number of nitrogens with zero attached hydrogens (tertiary/aromatic N) is 5. The molecule has 3 aromatic heterocycles. The van der Waals surface area contributed by atoms with Crippen LogP contribution in [-0.2, 0) is 0 Å². The summed E-state index contributed by atoms with van der Waals surface area (Å²) in [5, 5.41) is 17.5. The number of hydrogen-bond acceptors (Lipinski definition) is 7. The van der Waals surface area contributed by atoms with E-state index in [9.17, 15) is 0 Å². The van der Waals surface area contributed by atoms with Gasteiger partial charge in [-0.05, 0) is 64.0 Å². The van der Waals surface area contributed by atoms with E-state index in [0.717, 1.165) is 54.8 Å². The summed E-state index contributed by atoms with van der Waals surface area (Å²) in [4.78, 5) is 9.18. The predicted octanol–water partition coefficient (Wildman–Crippen LogP) is 7.19. The van der Waals surface area contributed by atoms with Crippen LogP contribution in [0.5, 0.6) is 0 Å². The second-order valence-electron chi connectivity index (χ2n) is 10.6. The molecule has 0 spiro atoms. The van der Waals surface area contributed by atoms with Gasteiger partial charge in [0, 0.05) is 34.0 Å². The minimum Gasteiger partial charge on any atom is -0.384 e. The minimum atomic E-state index is -0.173. The standard InChI is InChI=1S/C27H28BrN7S/c1-27(2,3)14-30-21-9-10-29-24-19(21)11-16(12-20(24)28)32-25(23-13-35(34-33-23)17-7-8-17)18-5-4-6-22-26(18)36-15-31-22/h4-6,9-13,15,17,25,32H,7-8,14H2,1-3H3,(H,29,30)/t25-/m0/s1. The highest BCUT2D eigenvalue weighted by Gasteiger charge is 2.28. The van der Waals surface area contributed by atoms with Crippen molar-refractivity contribution in [3.63, 3.8) is 0 Å². The first-order chi connectivity index (χ1) is 17.4. The first kappa shape index (κ1) is 23.4. The molecule has 1 aliphatic carbocycles. The maximum Gasteiger partial charge on any atom is 0.110 e. The molecule has 3 heterocycles. The fourth-order valence-electron chi connectivity index (χ4n) is 4.36. The number of benzene rings is 2. The lowest BCUT2D eigenvalue weighted by atomic mass is 9.97. The summed E-state index contributed by atoms with van der Waals surface area (Å²) in [5.74, 6) is 0. The second-order valence-corrected chi connectivity index (χ2v) is 12.3. The van der Waals surface area contributed by atoms with E-state index in [2.05, 4.69) is 104 Å². The Balaban J connectivity index is 1.43. The molecule has 184 valence electrons. The summed E-state index contributed by atoms with van der Waals surface area (Å²) in [7, 11) is 0. The van der Waals surface area contributed by atoms with Crippen LogP contribution < -0.4 is 10.6 Å². The predicted molar refractivity (Wildman–Crippen MR) is 151 cm³/mol. The molecule has 1 atom stereocenters. The third-order valence-electron chi connectivity index (χ3n) is 6.36. The molecule has 1 aliphatic rings. The molecule has 6 rings (SSSR count). The maximum atomic E-state index is 4.64. The number of pyridine rings is 1. The summed E-state index contributed by atoms with van der Waals surface area (Å²) in [6.07, 6.45) is 6.28. The normalized spacial score (nSPS) is 14.9. The van der Waals surface area contributed by atoms with Gasteiger partial charge in [0.25, 0.3) is 0 Å². The lowest BCUT2D eigenvalue weighted by Gasteiger charge is -2.22. The molecule has 1 saturated carbocycles. The average Bonchev–Trinajstić information content (AvgIpc) is 3.37. The van der Waals surface area contributed by atoms with Gasteiger partial charge in [-0.3, -0.25) is 4.98 Å². The molecule has 1 fully saturated rings. The third-order valence-corrected chi connectivity index (χ3v) is 7.86. The molecule has 9 heteroatoms. The lowest BCUT2D eigenvalue weighted by molar-refractivity contribution is 0.443. The van der Waals surface area contributed by atoms with Gasteiger partial charge >= 0.3 is 0 Å². The molecule has 0 radical (unpaired) electrons. The Morgan fingerprint density at radius 1 is 1.17 bits per heavy atom. The number of hydrogen-bond donors (Lipinski definition) is 2. The van der Waals surface area contributed by atoms with E-state index >= 15 is 0 Å². The highest BCUT2D eigenvalue weighted by atomic mass is 79.9. The van der Waals surface area contributed by atoms with Gasteiger partial charge in [0.2, 0.25) is 0 Å². The van der Waals surface area contributed by atoms with E-state index < -0.39 is 0 Å². The zero-order valence-corrected chi connectivity index (χ0v) is 22.9. The highest BCUT2D eigenvalue weighted by molar-refractivity contribution is 9.10. The smallest absolute Gasteiger partial charge is 0.110 e. The Labute approximate surface area is 222 Å². The van der Waals surface area contributed by atoms with Crippen LogP contribution in [0.3, 0.4) is 0 Å². The van der Waals surface area contributed by atoms with Gasteiger partial charge < -0.3 is 10.6 Å². The average molecular weight is 563 g/mol. The van der Waals surface area contributed by atoms with Gasteiger partial charge in [0.05, 0.1) is 39.5 Å². The number of fused-ring (bicyclic) bond motifs is 2. The Bertz CT molecular complexity index is 1550. The first-order valence-corrected chi connectivity index (χ1v) is 13.9. The van der Waals surface area contributed by atoms with Crippen LogP contribution in [0.1, 0.15) is 57.0 Å². The van der Waals surface area contributed by atoms with Gasteiger partial charge in [-0.1, -0.05) is 38.1 Å². The van der Waals surface area contributed by atoms with Crippen LogP contribution in [0.4, 0.5) is 11.4 Å². The number of rotatable bonds is 7. The van der Waals surface area contributed by atoms with Crippen molar-refractivity contribution in [2.24, 2.45) is 5.41 Å². The van der Waals surface area contributed by atoms with Crippen LogP contribution in [0.15, 0.2) is 58.8 Å². The zero-order valence-electron chi connectivity index (χ0n) is 20.5. The fraction of sp³-hybridized carbons (Fsp3) is 0.333. The second kappa shape index (κ2) is 9.12. The SMILES string of the molecule is CC(C)(C)CNc1ccnc2c(Br)cc(N[C@H](c3cn(C4CC4)nn3)c3cccc4ncsc34)cc12. The number of anilines is 2. The first-order valence-electron chi connectivity index (χ1n) is 12.2. The summed E-state index contributed by atoms with van der Waals surface area (Å²) >= 11 is 5.42. The van der Waals surface area contributed by atoms with Crippen molar-refractivity contribution in [1.29, 1.82) is 0 Å². The monoisotopic (exact) mass is 561 g/mol. The lowest BCUT2D eigenvalue weighted by Crippen LogP contribution is -2.19. The summed E-state index contributed by atoms with van der Waals surface area (Å²) in [5.41, 5.74) is 8.08. The molecule has 0 bridgehead atoms. The Hall–Kier alpha value is -3.04. The Kier molecular flexibility index (Phi) is 5.92. The fourth-order valence-corrected chi connectivity index (χ4v) is 5.76. The van der Waals surface area contributed by atoms with Gasteiger partial charge in [0.15, 0.2) is 0 Å². The van der Waals surface area contributed by atoms with Crippen molar-refractivity contribution in [3.05, 3.63) is 70.0 Å². The topological polar surface area (TPSA) is 80.5 Å².